The first-order valence-electron chi connectivity index (χ1n) is 10.5. The van der Waals surface area contributed by atoms with Gasteiger partial charge in [-0.15, -0.1) is 0 Å². The summed E-state index contributed by atoms with van der Waals surface area (Å²) in [4.78, 5) is 28.2. The highest BCUT2D eigenvalue weighted by Gasteiger charge is 2.36. The fraction of sp³-hybridized carbons (Fsp3) is 0.231. The molecule has 0 saturated carbocycles. The fourth-order valence-corrected chi connectivity index (χ4v) is 4.27. The van der Waals surface area contributed by atoms with Gasteiger partial charge in [0, 0.05) is 11.3 Å². The first kappa shape index (κ1) is 20.8. The Labute approximate surface area is 181 Å². The molecule has 4 nitrogen and oxygen atoms in total. The van der Waals surface area contributed by atoms with Crippen molar-refractivity contribution >= 4 is 17.5 Å². The number of rotatable bonds is 4. The molecule has 158 valence electrons. The Balaban J connectivity index is 1.86. The maximum absolute atomic E-state index is 13.8. The molecule has 0 fully saturated rings. The molecule has 0 aromatic heterocycles. The third-order valence-electron chi connectivity index (χ3n) is 5.78. The largest absolute Gasteiger partial charge is 0.324 e. The van der Waals surface area contributed by atoms with Crippen molar-refractivity contribution in [1.29, 1.82) is 0 Å². The van der Waals surface area contributed by atoms with Gasteiger partial charge in [0.2, 0.25) is 11.8 Å². The number of nitrogens with one attached hydrogen (secondary N) is 1. The maximum atomic E-state index is 13.8. The quantitative estimate of drug-likeness (QED) is 0.636. The fourth-order valence-electron chi connectivity index (χ4n) is 4.27. The van der Waals surface area contributed by atoms with E-state index in [1.54, 1.807) is 17.0 Å². The highest BCUT2D eigenvalue weighted by molar-refractivity contribution is 5.98. The molecule has 2 atom stereocenters. The average molecular weight is 416 g/mol. The summed E-state index contributed by atoms with van der Waals surface area (Å²) < 4.78 is 13.7. The minimum atomic E-state index is -0.500. The maximum Gasteiger partial charge on any atom is 0.244 e. The molecule has 0 aliphatic carbocycles. The standard InChI is InChI=1S/C26H25FN2O2/c1-3-21(18-7-5-4-6-8-18)26(31)29-16-24(30)28-23-14-9-17(2)15-22(23)25(29)19-10-12-20(27)13-11-19/h4-15,21,25H,3,16H2,1-2H3,(H,28,30)/t21-,25-/m0/s1. The van der Waals surface area contributed by atoms with Gasteiger partial charge in [-0.25, -0.2) is 4.39 Å². The molecule has 31 heavy (non-hydrogen) atoms. The monoisotopic (exact) mass is 416 g/mol. The van der Waals surface area contributed by atoms with E-state index >= 15 is 0 Å². The van der Waals surface area contributed by atoms with E-state index in [0.717, 1.165) is 22.3 Å². The van der Waals surface area contributed by atoms with Crippen molar-refractivity contribution in [2.24, 2.45) is 0 Å². The van der Waals surface area contributed by atoms with Gasteiger partial charge < -0.3 is 10.2 Å². The van der Waals surface area contributed by atoms with Crippen LogP contribution < -0.4 is 5.32 Å². The van der Waals surface area contributed by atoms with Crippen LogP contribution in [0, 0.1) is 12.7 Å². The molecule has 1 N–H and O–H groups in total. The van der Waals surface area contributed by atoms with Crippen LogP contribution in [0.25, 0.3) is 0 Å². The van der Waals surface area contributed by atoms with Crippen molar-refractivity contribution in [3.05, 3.63) is 101 Å². The summed E-state index contributed by atoms with van der Waals surface area (Å²) in [5, 5.41) is 2.94. The number of carbonyl (C=O) groups is 2. The van der Waals surface area contributed by atoms with Crippen LogP contribution in [0.5, 0.6) is 0 Å². The second-order valence-corrected chi connectivity index (χ2v) is 7.93. The lowest BCUT2D eigenvalue weighted by Gasteiger charge is -2.33. The summed E-state index contributed by atoms with van der Waals surface area (Å²) in [5.41, 5.74) is 4.20. The Morgan fingerprint density at radius 1 is 1.10 bits per heavy atom. The van der Waals surface area contributed by atoms with E-state index < -0.39 is 6.04 Å². The number of hydrogen-bond donors (Lipinski definition) is 1. The minimum Gasteiger partial charge on any atom is -0.324 e. The molecule has 2 amide bonds. The predicted molar refractivity (Wildman–Crippen MR) is 119 cm³/mol. The summed E-state index contributed by atoms with van der Waals surface area (Å²) >= 11 is 0. The van der Waals surface area contributed by atoms with Crippen LogP contribution >= 0.6 is 0 Å². The van der Waals surface area contributed by atoms with Gasteiger partial charge in [-0.1, -0.05) is 67.1 Å². The molecule has 1 aliphatic rings. The summed E-state index contributed by atoms with van der Waals surface area (Å²) in [6, 6.07) is 21.1. The zero-order chi connectivity index (χ0) is 22.0. The molecular weight excluding hydrogens is 391 g/mol. The zero-order valence-electron chi connectivity index (χ0n) is 17.6. The molecule has 0 radical (unpaired) electrons. The lowest BCUT2D eigenvalue weighted by Crippen LogP contribution is -2.41. The van der Waals surface area contributed by atoms with Crippen LogP contribution in [-0.4, -0.2) is 23.3 Å². The van der Waals surface area contributed by atoms with E-state index in [9.17, 15) is 14.0 Å². The molecule has 3 aromatic rings. The van der Waals surface area contributed by atoms with Gasteiger partial charge in [0.15, 0.2) is 0 Å². The second-order valence-electron chi connectivity index (χ2n) is 7.93. The van der Waals surface area contributed by atoms with Crippen LogP contribution in [0.4, 0.5) is 10.1 Å². The summed E-state index contributed by atoms with van der Waals surface area (Å²) in [6.07, 6.45) is 0.609. The molecule has 0 spiro atoms. The van der Waals surface area contributed by atoms with E-state index in [4.69, 9.17) is 0 Å². The minimum absolute atomic E-state index is 0.0715. The van der Waals surface area contributed by atoms with Gasteiger partial charge in [0.25, 0.3) is 0 Å². The number of anilines is 1. The Morgan fingerprint density at radius 2 is 1.81 bits per heavy atom. The van der Waals surface area contributed by atoms with Crippen LogP contribution in [-0.2, 0) is 9.59 Å². The number of halogens is 1. The number of fused-ring (bicyclic) bond motifs is 1. The highest BCUT2D eigenvalue weighted by atomic mass is 19.1. The average Bonchev–Trinajstić information content (AvgIpc) is 2.91. The van der Waals surface area contributed by atoms with Crippen LogP contribution in [0.2, 0.25) is 0 Å². The Morgan fingerprint density at radius 3 is 2.48 bits per heavy atom. The number of nitrogens with zero attached hydrogens (tertiary/aromatic N) is 1. The molecular formula is C26H25FN2O2. The molecule has 1 heterocycles. The number of amides is 2. The smallest absolute Gasteiger partial charge is 0.244 e. The van der Waals surface area contributed by atoms with E-state index in [-0.39, 0.29) is 30.1 Å². The number of aryl methyl sites for hydroxylation is 1. The number of benzene rings is 3. The number of hydrogen-bond acceptors (Lipinski definition) is 2. The van der Waals surface area contributed by atoms with Gasteiger partial charge >= 0.3 is 0 Å². The molecule has 1 aliphatic heterocycles. The first-order valence-corrected chi connectivity index (χ1v) is 10.5. The lowest BCUT2D eigenvalue weighted by molar-refractivity contribution is -0.137. The van der Waals surface area contributed by atoms with E-state index in [0.29, 0.717) is 12.1 Å². The van der Waals surface area contributed by atoms with Crippen molar-refractivity contribution in [1.82, 2.24) is 4.90 Å². The van der Waals surface area contributed by atoms with E-state index in [2.05, 4.69) is 5.32 Å². The highest BCUT2D eigenvalue weighted by Crippen LogP contribution is 2.38. The topological polar surface area (TPSA) is 49.4 Å². The molecule has 4 rings (SSSR count). The van der Waals surface area contributed by atoms with Crippen LogP contribution in [0.1, 0.15) is 47.6 Å². The van der Waals surface area contributed by atoms with Crippen LogP contribution in [0.3, 0.4) is 0 Å². The van der Waals surface area contributed by atoms with Crippen molar-refractivity contribution in [2.75, 3.05) is 11.9 Å². The van der Waals surface area contributed by atoms with Gasteiger partial charge in [-0.2, -0.15) is 0 Å². The molecule has 0 bridgehead atoms. The third kappa shape index (κ3) is 4.22. The van der Waals surface area contributed by atoms with Gasteiger partial charge in [0.05, 0.1) is 12.0 Å². The van der Waals surface area contributed by atoms with E-state index in [1.165, 1.54) is 12.1 Å². The SMILES string of the molecule is CC[C@H](C(=O)N1CC(=O)Nc2ccc(C)cc2[C@@H]1c1ccc(F)cc1)c1ccccc1. The molecule has 0 unspecified atom stereocenters. The second kappa shape index (κ2) is 8.72. The van der Waals surface area contributed by atoms with E-state index in [1.807, 2.05) is 62.4 Å². The van der Waals surface area contributed by atoms with Crippen molar-refractivity contribution in [3.63, 3.8) is 0 Å². The normalized spacial score (nSPS) is 16.8. The zero-order valence-corrected chi connectivity index (χ0v) is 17.6. The third-order valence-corrected chi connectivity index (χ3v) is 5.78. The number of carbonyl (C=O) groups excluding carboxylic acids is 2. The Bertz CT molecular complexity index is 1100. The molecule has 5 heteroatoms. The Hall–Kier alpha value is -3.47. The molecule has 3 aromatic carbocycles. The lowest BCUT2D eigenvalue weighted by atomic mass is 9.90. The first-order chi connectivity index (χ1) is 15.0. The van der Waals surface area contributed by atoms with Crippen molar-refractivity contribution < 1.29 is 14.0 Å². The summed E-state index contributed by atoms with van der Waals surface area (Å²) in [5.74, 6) is -1.08. The molecule has 0 saturated heterocycles. The summed E-state index contributed by atoms with van der Waals surface area (Å²) in [7, 11) is 0. The Kier molecular flexibility index (Phi) is 5.85. The van der Waals surface area contributed by atoms with Crippen molar-refractivity contribution in [3.8, 4) is 0 Å². The van der Waals surface area contributed by atoms with Crippen LogP contribution in [0.15, 0.2) is 72.8 Å². The predicted octanol–water partition coefficient (Wildman–Crippen LogP) is 5.20. The van der Waals surface area contributed by atoms with Crippen molar-refractivity contribution in [2.45, 2.75) is 32.2 Å². The summed E-state index contributed by atoms with van der Waals surface area (Å²) in [6.45, 7) is 3.87. The van der Waals surface area contributed by atoms with Gasteiger partial charge in [-0.3, -0.25) is 9.59 Å². The van der Waals surface area contributed by atoms with Gasteiger partial charge in [0.1, 0.15) is 12.4 Å². The van der Waals surface area contributed by atoms with Gasteiger partial charge in [-0.05, 0) is 42.7 Å².